The molecule has 0 saturated heterocycles. The fourth-order valence-corrected chi connectivity index (χ4v) is 3.81. The maximum atomic E-state index is 13.0. The van der Waals surface area contributed by atoms with Gasteiger partial charge in [-0.1, -0.05) is 12.1 Å². The van der Waals surface area contributed by atoms with E-state index in [2.05, 4.69) is 25.4 Å². The Bertz CT molecular complexity index is 1360. The third kappa shape index (κ3) is 3.96. The van der Waals surface area contributed by atoms with Gasteiger partial charge in [-0.05, 0) is 52.8 Å². The first-order valence-corrected chi connectivity index (χ1v) is 10.3. The van der Waals surface area contributed by atoms with Crippen LogP contribution in [0.3, 0.4) is 0 Å². The Balaban J connectivity index is 1.62. The number of aryl methyl sites for hydroxylation is 4. The molecule has 164 valence electrons. The molecule has 0 aliphatic carbocycles. The maximum Gasteiger partial charge on any atom is 0.330 e. The Morgan fingerprint density at radius 3 is 2.41 bits per heavy atom. The topological polar surface area (TPSA) is 110 Å². The minimum Gasteiger partial charge on any atom is -0.324 e. The van der Waals surface area contributed by atoms with Gasteiger partial charge in [-0.2, -0.15) is 5.10 Å². The summed E-state index contributed by atoms with van der Waals surface area (Å²) < 4.78 is 3.20. The second kappa shape index (κ2) is 8.26. The van der Waals surface area contributed by atoms with E-state index in [4.69, 9.17) is 0 Å². The highest BCUT2D eigenvalue weighted by Crippen LogP contribution is 2.22. The summed E-state index contributed by atoms with van der Waals surface area (Å²) in [5, 5.41) is 7.51. The molecule has 9 nitrogen and oxygen atoms in total. The Morgan fingerprint density at radius 1 is 1.06 bits per heavy atom. The highest BCUT2D eigenvalue weighted by molar-refractivity contribution is 5.94. The monoisotopic (exact) mass is 431 g/mol. The Hall–Kier alpha value is -4.01. The Morgan fingerprint density at radius 2 is 1.75 bits per heavy atom. The number of aromatic nitrogens is 6. The van der Waals surface area contributed by atoms with Gasteiger partial charge in [-0.25, -0.2) is 19.4 Å². The number of hydrogen-bond acceptors (Lipinski definition) is 5. The van der Waals surface area contributed by atoms with Crippen LogP contribution in [-0.4, -0.2) is 35.2 Å². The second-order valence-electron chi connectivity index (χ2n) is 7.82. The normalized spacial score (nSPS) is 11.0. The summed E-state index contributed by atoms with van der Waals surface area (Å²) in [6, 6.07) is 9.12. The predicted molar refractivity (Wildman–Crippen MR) is 122 cm³/mol. The second-order valence-corrected chi connectivity index (χ2v) is 7.82. The molecular formula is C23H25N7O2. The van der Waals surface area contributed by atoms with Gasteiger partial charge < -0.3 is 10.3 Å². The molecule has 0 spiro atoms. The average Bonchev–Trinajstić information content (AvgIpc) is 3.21. The van der Waals surface area contributed by atoms with E-state index in [0.29, 0.717) is 17.3 Å². The summed E-state index contributed by atoms with van der Waals surface area (Å²) in [4.78, 5) is 36.8. The molecule has 0 unspecified atom stereocenters. The van der Waals surface area contributed by atoms with Crippen LogP contribution in [0.2, 0.25) is 0 Å². The average molecular weight is 432 g/mol. The largest absolute Gasteiger partial charge is 0.330 e. The number of amides is 1. The van der Waals surface area contributed by atoms with E-state index in [0.717, 1.165) is 34.0 Å². The van der Waals surface area contributed by atoms with Crippen LogP contribution >= 0.6 is 0 Å². The Labute approximate surface area is 185 Å². The van der Waals surface area contributed by atoms with Crippen molar-refractivity contribution in [2.24, 2.45) is 0 Å². The molecule has 4 aromatic rings. The number of benzene rings is 1. The number of nitrogens with one attached hydrogen (secondary N) is 2. The first-order valence-electron chi connectivity index (χ1n) is 10.3. The van der Waals surface area contributed by atoms with Crippen molar-refractivity contribution in [3.05, 3.63) is 81.0 Å². The summed E-state index contributed by atoms with van der Waals surface area (Å²) >= 11 is 0. The van der Waals surface area contributed by atoms with Crippen LogP contribution in [0.5, 0.6) is 0 Å². The van der Waals surface area contributed by atoms with E-state index in [1.165, 1.54) is 4.57 Å². The van der Waals surface area contributed by atoms with Crippen molar-refractivity contribution in [3.8, 4) is 11.6 Å². The number of anilines is 1. The lowest BCUT2D eigenvalue weighted by Crippen LogP contribution is -2.20. The number of H-pyrrole nitrogens is 1. The molecule has 0 bridgehead atoms. The van der Waals surface area contributed by atoms with E-state index >= 15 is 0 Å². The van der Waals surface area contributed by atoms with Crippen LogP contribution in [-0.2, 0) is 11.2 Å². The van der Waals surface area contributed by atoms with Crippen molar-refractivity contribution in [1.82, 2.24) is 29.3 Å². The third-order valence-corrected chi connectivity index (χ3v) is 5.32. The lowest BCUT2D eigenvalue weighted by Gasteiger charge is -2.12. The smallest absolute Gasteiger partial charge is 0.324 e. The molecule has 4 rings (SSSR count). The highest BCUT2D eigenvalue weighted by atomic mass is 16.2. The number of imidazole rings is 1. The van der Waals surface area contributed by atoms with Gasteiger partial charge in [0.15, 0.2) is 0 Å². The predicted octanol–water partition coefficient (Wildman–Crippen LogP) is 2.86. The van der Waals surface area contributed by atoms with Crippen LogP contribution in [0.25, 0.3) is 11.6 Å². The number of rotatable bonds is 5. The van der Waals surface area contributed by atoms with Crippen LogP contribution in [0.15, 0.2) is 41.3 Å². The summed E-state index contributed by atoms with van der Waals surface area (Å²) in [6.45, 7) is 9.42. The standard InChI is InChI=1S/C23H25N7O2/c1-13-10-14(2)26-22(25-13)30-17(5)18(16(4)28-30)11-21(31)27-19-8-6-7-9-20(19)29-15(3)12-24-23(29)32/h6-10,12H,11H2,1-5H3,(H,24,32)(H,27,31). The molecule has 0 radical (unpaired) electrons. The minimum absolute atomic E-state index is 0.137. The van der Waals surface area contributed by atoms with Gasteiger partial charge >= 0.3 is 5.69 Å². The van der Waals surface area contributed by atoms with Gasteiger partial charge in [-0.15, -0.1) is 0 Å². The first-order chi connectivity index (χ1) is 15.2. The molecule has 1 amide bonds. The number of nitrogens with zero attached hydrogens (tertiary/aromatic N) is 5. The summed E-state index contributed by atoms with van der Waals surface area (Å²) in [7, 11) is 0. The van der Waals surface area contributed by atoms with Crippen LogP contribution in [0, 0.1) is 34.6 Å². The van der Waals surface area contributed by atoms with Crippen molar-refractivity contribution < 1.29 is 4.79 Å². The quantitative estimate of drug-likeness (QED) is 0.505. The number of hydrogen-bond donors (Lipinski definition) is 2. The van der Waals surface area contributed by atoms with E-state index in [1.54, 1.807) is 23.0 Å². The molecule has 32 heavy (non-hydrogen) atoms. The van der Waals surface area contributed by atoms with Crippen molar-refractivity contribution in [2.45, 2.75) is 41.0 Å². The minimum atomic E-state index is -0.259. The summed E-state index contributed by atoms with van der Waals surface area (Å²) in [5.41, 5.74) is 5.74. The zero-order valence-corrected chi connectivity index (χ0v) is 18.7. The highest BCUT2D eigenvalue weighted by Gasteiger charge is 2.19. The van der Waals surface area contributed by atoms with Crippen LogP contribution in [0.4, 0.5) is 5.69 Å². The SMILES string of the molecule is Cc1cc(C)nc(-n2nc(C)c(CC(=O)Nc3ccccc3-n3c(C)c[nH]c3=O)c2C)n1. The van der Waals surface area contributed by atoms with Crippen molar-refractivity contribution in [3.63, 3.8) is 0 Å². The van der Waals surface area contributed by atoms with Gasteiger partial charge in [0.2, 0.25) is 5.91 Å². The van der Waals surface area contributed by atoms with E-state index in [-0.39, 0.29) is 18.0 Å². The lowest BCUT2D eigenvalue weighted by molar-refractivity contribution is -0.115. The van der Waals surface area contributed by atoms with Gasteiger partial charge in [0.05, 0.1) is 23.5 Å². The molecule has 0 aliphatic rings. The third-order valence-electron chi connectivity index (χ3n) is 5.32. The van der Waals surface area contributed by atoms with E-state index in [1.807, 2.05) is 52.8 Å². The fraction of sp³-hybridized carbons (Fsp3) is 0.261. The number of carbonyl (C=O) groups is 1. The van der Waals surface area contributed by atoms with E-state index in [9.17, 15) is 9.59 Å². The molecule has 0 saturated carbocycles. The van der Waals surface area contributed by atoms with Crippen LogP contribution in [0.1, 0.15) is 34.0 Å². The molecule has 3 heterocycles. The van der Waals surface area contributed by atoms with Crippen molar-refractivity contribution in [1.29, 1.82) is 0 Å². The molecule has 1 aromatic carbocycles. The zero-order valence-electron chi connectivity index (χ0n) is 18.7. The number of carbonyl (C=O) groups excluding carboxylic acids is 1. The van der Waals surface area contributed by atoms with Crippen molar-refractivity contribution >= 4 is 11.6 Å². The molecule has 3 aromatic heterocycles. The van der Waals surface area contributed by atoms with Gasteiger partial charge in [-0.3, -0.25) is 9.36 Å². The molecule has 0 aliphatic heterocycles. The number of para-hydroxylation sites is 2. The van der Waals surface area contributed by atoms with Crippen molar-refractivity contribution in [2.75, 3.05) is 5.32 Å². The maximum absolute atomic E-state index is 13.0. The molecular weight excluding hydrogens is 406 g/mol. The van der Waals surface area contributed by atoms with Crippen LogP contribution < -0.4 is 11.0 Å². The van der Waals surface area contributed by atoms with E-state index < -0.39 is 0 Å². The Kier molecular flexibility index (Phi) is 5.48. The molecule has 0 fully saturated rings. The zero-order chi connectivity index (χ0) is 23.0. The summed E-state index contributed by atoms with van der Waals surface area (Å²) in [5.74, 6) is 0.285. The molecule has 2 N–H and O–H groups in total. The van der Waals surface area contributed by atoms with Gasteiger partial charge in [0.25, 0.3) is 5.95 Å². The first kappa shape index (κ1) is 21.2. The van der Waals surface area contributed by atoms with Gasteiger partial charge in [0, 0.05) is 34.5 Å². The molecule has 9 heteroatoms. The molecule has 0 atom stereocenters. The fourth-order valence-electron chi connectivity index (χ4n) is 3.81. The lowest BCUT2D eigenvalue weighted by atomic mass is 10.1. The van der Waals surface area contributed by atoms with Gasteiger partial charge in [0.1, 0.15) is 0 Å². The number of aromatic amines is 1. The summed E-state index contributed by atoms with van der Waals surface area (Å²) in [6.07, 6.45) is 1.77.